The van der Waals surface area contributed by atoms with Crippen molar-refractivity contribution in [2.24, 2.45) is 11.6 Å². The first kappa shape index (κ1) is 10.6. The first-order valence-electron chi connectivity index (χ1n) is 4.35. The predicted octanol–water partition coefficient (Wildman–Crippen LogP) is -0.871. The van der Waals surface area contributed by atoms with Gasteiger partial charge in [-0.3, -0.25) is 5.43 Å². The van der Waals surface area contributed by atoms with Gasteiger partial charge in [0, 0.05) is 25.9 Å². The zero-order chi connectivity index (χ0) is 10.6. The summed E-state index contributed by atoms with van der Waals surface area (Å²) in [5.74, 6) is 4.97. The van der Waals surface area contributed by atoms with Gasteiger partial charge in [0.1, 0.15) is 6.10 Å². The fourth-order valence-corrected chi connectivity index (χ4v) is 1.43. The van der Waals surface area contributed by atoms with E-state index in [1.165, 1.54) is 0 Å². The minimum atomic E-state index is -0.772. The van der Waals surface area contributed by atoms with E-state index >= 15 is 0 Å². The van der Waals surface area contributed by atoms with E-state index in [-0.39, 0.29) is 12.1 Å². The molecule has 0 atom stereocenters. The monoisotopic (exact) mass is 202 g/mol. The molecule has 80 valence electrons. The van der Waals surface area contributed by atoms with Crippen LogP contribution in [0.2, 0.25) is 0 Å². The average Bonchev–Trinajstić information content (AvgIpc) is 2.17. The third-order valence-electron chi connectivity index (χ3n) is 2.14. The maximum Gasteiger partial charge on any atom is 0.404 e. The molecule has 0 aromatic carbocycles. The third kappa shape index (κ3) is 2.77. The lowest BCUT2D eigenvalue weighted by Crippen LogP contribution is -2.48. The average molecular weight is 202 g/mol. The van der Waals surface area contributed by atoms with Gasteiger partial charge in [-0.1, -0.05) is 0 Å². The van der Waals surface area contributed by atoms with E-state index in [4.69, 9.17) is 16.3 Å². The van der Waals surface area contributed by atoms with Crippen molar-refractivity contribution in [3.63, 3.8) is 0 Å². The number of piperidine rings is 1. The number of primary amides is 1. The van der Waals surface area contributed by atoms with Crippen molar-refractivity contribution in [2.75, 3.05) is 13.1 Å². The number of urea groups is 1. The number of likely N-dealkylation sites (tertiary alicyclic amines) is 1. The molecule has 0 aliphatic carbocycles. The number of nitrogens with zero attached hydrogens (tertiary/aromatic N) is 1. The van der Waals surface area contributed by atoms with Gasteiger partial charge in [-0.25, -0.2) is 15.4 Å². The minimum Gasteiger partial charge on any atom is -0.446 e. The molecule has 0 unspecified atom stereocenters. The lowest BCUT2D eigenvalue weighted by atomic mass is 10.1. The number of hydrazine groups is 1. The number of ether oxygens (including phenoxy) is 1. The zero-order valence-electron chi connectivity index (χ0n) is 7.73. The molecular weight excluding hydrogens is 188 g/mol. The summed E-state index contributed by atoms with van der Waals surface area (Å²) >= 11 is 0. The maximum atomic E-state index is 11.1. The molecule has 1 aliphatic rings. The van der Waals surface area contributed by atoms with Crippen LogP contribution in [0.3, 0.4) is 0 Å². The van der Waals surface area contributed by atoms with Crippen molar-refractivity contribution < 1.29 is 14.3 Å². The summed E-state index contributed by atoms with van der Waals surface area (Å²) in [6.45, 7) is 1.03. The maximum absolute atomic E-state index is 11.1. The van der Waals surface area contributed by atoms with E-state index in [0.717, 1.165) is 0 Å². The lowest BCUT2D eigenvalue weighted by Gasteiger charge is -2.30. The number of rotatable bonds is 1. The highest BCUT2D eigenvalue weighted by molar-refractivity contribution is 5.73. The van der Waals surface area contributed by atoms with Crippen LogP contribution in [0.1, 0.15) is 12.8 Å². The molecule has 14 heavy (non-hydrogen) atoms. The fourth-order valence-electron chi connectivity index (χ4n) is 1.43. The van der Waals surface area contributed by atoms with Gasteiger partial charge < -0.3 is 15.4 Å². The van der Waals surface area contributed by atoms with Gasteiger partial charge in [0.15, 0.2) is 0 Å². The molecule has 1 heterocycles. The summed E-state index contributed by atoms with van der Waals surface area (Å²) in [5, 5.41) is 0. The van der Waals surface area contributed by atoms with Crippen molar-refractivity contribution in [3.8, 4) is 0 Å². The first-order chi connectivity index (χ1) is 6.63. The van der Waals surface area contributed by atoms with Crippen LogP contribution in [0, 0.1) is 0 Å². The highest BCUT2D eigenvalue weighted by Gasteiger charge is 2.23. The molecule has 1 aliphatic heterocycles. The molecule has 0 spiro atoms. The Labute approximate surface area is 81.3 Å². The van der Waals surface area contributed by atoms with Crippen LogP contribution >= 0.6 is 0 Å². The van der Waals surface area contributed by atoms with E-state index in [1.807, 2.05) is 5.43 Å². The molecule has 0 saturated carbocycles. The van der Waals surface area contributed by atoms with E-state index in [2.05, 4.69) is 0 Å². The van der Waals surface area contributed by atoms with Crippen molar-refractivity contribution >= 4 is 12.1 Å². The molecule has 1 fully saturated rings. The molecule has 7 heteroatoms. The SMILES string of the molecule is NNC(=O)N1CCC(OC(N)=O)CC1. The third-order valence-corrected chi connectivity index (χ3v) is 2.14. The van der Waals surface area contributed by atoms with Gasteiger partial charge in [0.05, 0.1) is 0 Å². The van der Waals surface area contributed by atoms with Gasteiger partial charge in [-0.15, -0.1) is 0 Å². The molecule has 0 bridgehead atoms. The minimum absolute atomic E-state index is 0.186. The second-order valence-electron chi connectivity index (χ2n) is 3.07. The first-order valence-corrected chi connectivity index (χ1v) is 4.35. The standard InChI is InChI=1S/C7H14N4O3/c8-6(12)14-5-1-3-11(4-2-5)7(13)10-9/h5H,1-4,9H2,(H2,8,12)(H,10,13). The second-order valence-corrected chi connectivity index (χ2v) is 3.07. The van der Waals surface area contributed by atoms with Crippen LogP contribution in [0.25, 0.3) is 0 Å². The van der Waals surface area contributed by atoms with Crippen molar-refractivity contribution in [1.82, 2.24) is 10.3 Å². The van der Waals surface area contributed by atoms with E-state index < -0.39 is 6.09 Å². The smallest absolute Gasteiger partial charge is 0.404 e. The predicted molar refractivity (Wildman–Crippen MR) is 48.0 cm³/mol. The Kier molecular flexibility index (Phi) is 3.52. The van der Waals surface area contributed by atoms with Gasteiger partial charge in [-0.05, 0) is 0 Å². The molecule has 0 aromatic rings. The summed E-state index contributed by atoms with van der Waals surface area (Å²) in [4.78, 5) is 23.0. The molecule has 7 nitrogen and oxygen atoms in total. The number of carbonyl (C=O) groups is 2. The normalized spacial score (nSPS) is 17.6. The Hall–Kier alpha value is -1.50. The highest BCUT2D eigenvalue weighted by atomic mass is 16.6. The van der Waals surface area contributed by atoms with E-state index in [9.17, 15) is 9.59 Å². The molecule has 0 radical (unpaired) electrons. The zero-order valence-corrected chi connectivity index (χ0v) is 7.73. The number of amides is 3. The summed E-state index contributed by atoms with van der Waals surface area (Å²) < 4.78 is 4.80. The lowest BCUT2D eigenvalue weighted by molar-refractivity contribution is 0.0647. The topological polar surface area (TPSA) is 111 Å². The quantitative estimate of drug-likeness (QED) is 0.291. The van der Waals surface area contributed by atoms with Crippen LogP contribution in [0.15, 0.2) is 0 Å². The van der Waals surface area contributed by atoms with Crippen LogP contribution in [-0.2, 0) is 4.74 Å². The van der Waals surface area contributed by atoms with Gasteiger partial charge in [-0.2, -0.15) is 0 Å². The van der Waals surface area contributed by atoms with Crippen molar-refractivity contribution in [1.29, 1.82) is 0 Å². The molecule has 1 saturated heterocycles. The Morgan fingerprint density at radius 2 is 1.93 bits per heavy atom. The molecule has 1 rings (SSSR count). The van der Waals surface area contributed by atoms with E-state index in [1.54, 1.807) is 4.90 Å². The summed E-state index contributed by atoms with van der Waals surface area (Å²) in [6.07, 6.45) is 0.230. The van der Waals surface area contributed by atoms with Crippen molar-refractivity contribution in [3.05, 3.63) is 0 Å². The van der Waals surface area contributed by atoms with Crippen LogP contribution in [0.4, 0.5) is 9.59 Å². The summed E-state index contributed by atoms with van der Waals surface area (Å²) in [5.41, 5.74) is 6.91. The second kappa shape index (κ2) is 4.66. The number of nitrogens with one attached hydrogen (secondary N) is 1. The van der Waals surface area contributed by atoms with E-state index in [0.29, 0.717) is 25.9 Å². The van der Waals surface area contributed by atoms with Gasteiger partial charge in [0.25, 0.3) is 0 Å². The fraction of sp³-hybridized carbons (Fsp3) is 0.714. The molecular formula is C7H14N4O3. The highest BCUT2D eigenvalue weighted by Crippen LogP contribution is 2.13. The molecule has 5 N–H and O–H groups in total. The Balaban J connectivity index is 2.31. The Morgan fingerprint density at radius 3 is 2.36 bits per heavy atom. The van der Waals surface area contributed by atoms with Crippen LogP contribution in [0.5, 0.6) is 0 Å². The molecule has 0 aromatic heterocycles. The van der Waals surface area contributed by atoms with Crippen LogP contribution in [-0.4, -0.2) is 36.2 Å². The van der Waals surface area contributed by atoms with Gasteiger partial charge >= 0.3 is 12.1 Å². The number of nitrogens with two attached hydrogens (primary N) is 2. The summed E-state index contributed by atoms with van der Waals surface area (Å²) in [6, 6.07) is -0.317. The Morgan fingerprint density at radius 1 is 1.36 bits per heavy atom. The van der Waals surface area contributed by atoms with Gasteiger partial charge in [0.2, 0.25) is 0 Å². The number of hydrogen-bond acceptors (Lipinski definition) is 4. The van der Waals surface area contributed by atoms with Crippen LogP contribution < -0.4 is 17.0 Å². The summed E-state index contributed by atoms with van der Waals surface area (Å²) in [7, 11) is 0. The largest absolute Gasteiger partial charge is 0.446 e. The van der Waals surface area contributed by atoms with Crippen molar-refractivity contribution in [2.45, 2.75) is 18.9 Å². The number of hydrogen-bond donors (Lipinski definition) is 3. The number of carbonyl (C=O) groups excluding carboxylic acids is 2. The molecule has 3 amide bonds. The Bertz CT molecular complexity index is 225.